The second kappa shape index (κ2) is 7.40. The molecule has 150 valence electrons. The van der Waals surface area contributed by atoms with Crippen molar-refractivity contribution in [3.8, 4) is 5.82 Å². The predicted molar refractivity (Wildman–Crippen MR) is 108 cm³/mol. The zero-order valence-corrected chi connectivity index (χ0v) is 16.4. The second-order valence-electron chi connectivity index (χ2n) is 7.93. The molecule has 2 unspecified atom stereocenters. The van der Waals surface area contributed by atoms with Crippen LogP contribution in [0.15, 0.2) is 48.0 Å². The first-order chi connectivity index (χ1) is 14.2. The Hall–Kier alpha value is -3.07. The largest absolute Gasteiger partial charge is 0.356 e. The summed E-state index contributed by atoms with van der Waals surface area (Å²) in [4.78, 5) is 29.9. The van der Waals surface area contributed by atoms with Gasteiger partial charge in [0.25, 0.3) is 5.56 Å². The molecule has 0 spiro atoms. The highest BCUT2D eigenvalue weighted by Gasteiger charge is 2.40. The molecule has 0 amide bonds. The van der Waals surface area contributed by atoms with E-state index in [0.717, 1.165) is 50.1 Å². The lowest BCUT2D eigenvalue weighted by atomic mass is 10.0. The Morgan fingerprint density at radius 1 is 1.00 bits per heavy atom. The minimum atomic E-state index is 0.0276. The number of hydrogen-bond acceptors (Lipinski definition) is 7. The van der Waals surface area contributed by atoms with E-state index in [-0.39, 0.29) is 5.56 Å². The molecule has 3 aromatic heterocycles. The number of fused-ring (bicyclic) bond motifs is 1. The topological polar surface area (TPSA) is 85.0 Å². The Morgan fingerprint density at radius 2 is 1.79 bits per heavy atom. The zero-order chi connectivity index (χ0) is 19.8. The minimum absolute atomic E-state index is 0.0276. The lowest BCUT2D eigenvalue weighted by molar-refractivity contribution is 0.300. The molecule has 29 heavy (non-hydrogen) atoms. The second-order valence-corrected chi connectivity index (χ2v) is 7.93. The van der Waals surface area contributed by atoms with E-state index in [1.54, 1.807) is 34.2 Å². The molecule has 0 aromatic carbocycles. The number of hydrogen-bond donors (Lipinski definition) is 0. The summed E-state index contributed by atoms with van der Waals surface area (Å²) in [5, 5.41) is 4.25. The Kier molecular flexibility index (Phi) is 4.59. The smallest absolute Gasteiger partial charge is 0.253 e. The van der Waals surface area contributed by atoms with Crippen molar-refractivity contribution in [2.75, 3.05) is 37.6 Å². The Morgan fingerprint density at radius 3 is 2.52 bits per heavy atom. The highest BCUT2D eigenvalue weighted by Crippen LogP contribution is 2.33. The first-order valence-electron chi connectivity index (χ1n) is 9.98. The molecule has 0 N–H and O–H groups in total. The van der Waals surface area contributed by atoms with Crippen molar-refractivity contribution >= 4 is 5.82 Å². The van der Waals surface area contributed by atoms with Crippen molar-refractivity contribution in [2.45, 2.75) is 13.5 Å². The van der Waals surface area contributed by atoms with E-state index in [9.17, 15) is 4.79 Å². The lowest BCUT2D eigenvalue weighted by Crippen LogP contribution is -2.33. The molecule has 5 rings (SSSR count). The summed E-state index contributed by atoms with van der Waals surface area (Å²) in [5.74, 6) is 3.01. The van der Waals surface area contributed by atoms with Gasteiger partial charge in [-0.3, -0.25) is 9.36 Å². The molecule has 2 aliphatic heterocycles. The summed E-state index contributed by atoms with van der Waals surface area (Å²) in [6, 6.07) is 5.48. The maximum Gasteiger partial charge on any atom is 0.253 e. The lowest BCUT2D eigenvalue weighted by Gasteiger charge is -2.22. The van der Waals surface area contributed by atoms with Gasteiger partial charge < -0.3 is 9.80 Å². The van der Waals surface area contributed by atoms with Crippen molar-refractivity contribution in [3.05, 3.63) is 59.3 Å². The van der Waals surface area contributed by atoms with Crippen LogP contribution in [0.5, 0.6) is 0 Å². The van der Waals surface area contributed by atoms with Gasteiger partial charge in [0.15, 0.2) is 5.82 Å². The fourth-order valence-electron chi connectivity index (χ4n) is 4.43. The van der Waals surface area contributed by atoms with E-state index >= 15 is 0 Å². The van der Waals surface area contributed by atoms with Crippen LogP contribution in [0.3, 0.4) is 0 Å². The molecule has 0 aliphatic carbocycles. The standard InChI is InChI=1S/C20H24N8O/c1-15-7-20(29)26(14-23-15)6-5-25-9-16-11-27(12-17(16)10-25)18-8-19(22-13-21-18)28-4-2-3-24-28/h2-4,7-8,13-14,16-17H,5-6,9-12H2,1H3. The third kappa shape index (κ3) is 3.65. The van der Waals surface area contributed by atoms with Crippen LogP contribution in [0, 0.1) is 18.8 Å². The number of anilines is 1. The van der Waals surface area contributed by atoms with Gasteiger partial charge >= 0.3 is 0 Å². The molecular weight excluding hydrogens is 368 g/mol. The van der Waals surface area contributed by atoms with Gasteiger partial charge in [-0.2, -0.15) is 5.10 Å². The van der Waals surface area contributed by atoms with Gasteiger partial charge in [0, 0.05) is 69.5 Å². The van der Waals surface area contributed by atoms with Crippen LogP contribution in [-0.4, -0.2) is 66.9 Å². The maximum absolute atomic E-state index is 12.0. The van der Waals surface area contributed by atoms with Gasteiger partial charge in [0.1, 0.15) is 12.1 Å². The van der Waals surface area contributed by atoms with Crippen molar-refractivity contribution in [1.82, 2.24) is 34.2 Å². The van der Waals surface area contributed by atoms with Crippen LogP contribution in [0.1, 0.15) is 5.69 Å². The quantitative estimate of drug-likeness (QED) is 0.628. The Balaban J connectivity index is 1.19. The van der Waals surface area contributed by atoms with Crippen LogP contribution in [-0.2, 0) is 6.54 Å². The van der Waals surface area contributed by atoms with Crippen LogP contribution in [0.2, 0.25) is 0 Å². The van der Waals surface area contributed by atoms with Gasteiger partial charge in [-0.05, 0) is 24.8 Å². The highest BCUT2D eigenvalue weighted by atomic mass is 16.1. The molecule has 2 fully saturated rings. The van der Waals surface area contributed by atoms with Gasteiger partial charge in [-0.1, -0.05) is 0 Å². The molecule has 5 heterocycles. The van der Waals surface area contributed by atoms with Crippen molar-refractivity contribution in [3.63, 3.8) is 0 Å². The predicted octanol–water partition coefficient (Wildman–Crippen LogP) is 0.596. The van der Waals surface area contributed by atoms with Gasteiger partial charge in [0.2, 0.25) is 0 Å². The van der Waals surface area contributed by atoms with Gasteiger partial charge in [0.05, 0.1) is 6.33 Å². The average molecular weight is 392 g/mol. The Labute approximate surface area is 168 Å². The monoisotopic (exact) mass is 392 g/mol. The van der Waals surface area contributed by atoms with Crippen LogP contribution in [0.4, 0.5) is 5.82 Å². The summed E-state index contributed by atoms with van der Waals surface area (Å²) in [6.07, 6.45) is 6.90. The molecule has 2 aliphatic rings. The van der Waals surface area contributed by atoms with E-state index in [4.69, 9.17) is 0 Å². The first-order valence-corrected chi connectivity index (χ1v) is 9.98. The van der Waals surface area contributed by atoms with Crippen LogP contribution in [0.25, 0.3) is 5.82 Å². The summed E-state index contributed by atoms with van der Waals surface area (Å²) < 4.78 is 3.46. The summed E-state index contributed by atoms with van der Waals surface area (Å²) in [5.41, 5.74) is 0.794. The Bertz CT molecular complexity index is 1030. The van der Waals surface area contributed by atoms with Gasteiger partial charge in [-0.25, -0.2) is 19.6 Å². The summed E-state index contributed by atoms with van der Waals surface area (Å²) >= 11 is 0. The summed E-state index contributed by atoms with van der Waals surface area (Å²) in [7, 11) is 0. The molecule has 0 radical (unpaired) electrons. The molecule has 0 saturated carbocycles. The van der Waals surface area contributed by atoms with Crippen molar-refractivity contribution < 1.29 is 0 Å². The van der Waals surface area contributed by atoms with E-state index in [0.29, 0.717) is 18.4 Å². The molecule has 2 saturated heterocycles. The fraction of sp³-hybridized carbons (Fsp3) is 0.450. The highest BCUT2D eigenvalue weighted by molar-refractivity contribution is 5.44. The van der Waals surface area contributed by atoms with Crippen LogP contribution >= 0.6 is 0 Å². The third-order valence-electron chi connectivity index (χ3n) is 5.94. The first kappa shape index (κ1) is 18.0. The van der Waals surface area contributed by atoms with Gasteiger partial charge in [-0.15, -0.1) is 0 Å². The molecule has 3 aromatic rings. The van der Waals surface area contributed by atoms with E-state index in [2.05, 4.69) is 29.9 Å². The SMILES string of the molecule is Cc1cc(=O)n(CCN2CC3CN(c4cc(-n5cccn5)ncn4)CC3C2)cn1. The summed E-state index contributed by atoms with van der Waals surface area (Å²) in [6.45, 7) is 7.54. The molecule has 0 bridgehead atoms. The van der Waals surface area contributed by atoms with Crippen molar-refractivity contribution in [2.24, 2.45) is 11.8 Å². The molecule has 2 atom stereocenters. The molecular formula is C20H24N8O. The normalized spacial score (nSPS) is 21.6. The van der Waals surface area contributed by atoms with Crippen LogP contribution < -0.4 is 10.5 Å². The number of aryl methyl sites for hydroxylation is 1. The van der Waals surface area contributed by atoms with E-state index in [1.165, 1.54) is 0 Å². The number of rotatable bonds is 5. The minimum Gasteiger partial charge on any atom is -0.356 e. The maximum atomic E-state index is 12.0. The number of nitrogens with zero attached hydrogens (tertiary/aromatic N) is 8. The van der Waals surface area contributed by atoms with E-state index in [1.807, 2.05) is 25.3 Å². The number of likely N-dealkylation sites (tertiary alicyclic amines) is 1. The molecule has 9 heteroatoms. The van der Waals surface area contributed by atoms with E-state index < -0.39 is 0 Å². The molecule has 9 nitrogen and oxygen atoms in total. The number of aromatic nitrogens is 6. The third-order valence-corrected chi connectivity index (χ3v) is 5.94. The fourth-order valence-corrected chi connectivity index (χ4v) is 4.43. The average Bonchev–Trinajstić information content (AvgIpc) is 3.44. The van der Waals surface area contributed by atoms with Crippen molar-refractivity contribution in [1.29, 1.82) is 0 Å². The zero-order valence-electron chi connectivity index (χ0n) is 16.4.